The Labute approximate surface area is 98.9 Å². The van der Waals surface area contributed by atoms with E-state index in [1.165, 1.54) is 4.90 Å². The third-order valence-electron chi connectivity index (χ3n) is 2.77. The summed E-state index contributed by atoms with van der Waals surface area (Å²) in [5, 5.41) is 0. The number of hydrogen-bond acceptors (Lipinski definition) is 3. The van der Waals surface area contributed by atoms with Crippen LogP contribution < -0.4 is 0 Å². The quantitative estimate of drug-likeness (QED) is 0.719. The second kappa shape index (κ2) is 6.23. The molecule has 0 saturated carbocycles. The summed E-state index contributed by atoms with van der Waals surface area (Å²) in [6.45, 7) is 2.03. The zero-order valence-electron chi connectivity index (χ0n) is 9.92. The predicted octanol–water partition coefficient (Wildman–Crippen LogP) is 2.21. The van der Waals surface area contributed by atoms with Gasteiger partial charge in [0.05, 0.1) is 19.1 Å². The Bertz CT molecular complexity index is 248. The molecule has 1 rings (SSSR count). The summed E-state index contributed by atoms with van der Waals surface area (Å²) in [5.41, 5.74) is 0. The monoisotopic (exact) mass is 253 g/mol. The van der Waals surface area contributed by atoms with Gasteiger partial charge >= 0.3 is 12.1 Å². The van der Waals surface area contributed by atoms with Crippen molar-refractivity contribution < 1.29 is 22.7 Å². The minimum atomic E-state index is -4.16. The second-order valence-electron chi connectivity index (χ2n) is 4.33. The highest BCUT2D eigenvalue weighted by Gasteiger charge is 2.34. The molecule has 0 amide bonds. The van der Waals surface area contributed by atoms with Crippen LogP contribution in [0.25, 0.3) is 0 Å². The summed E-state index contributed by atoms with van der Waals surface area (Å²) in [6.07, 6.45) is -2.48. The molecule has 17 heavy (non-hydrogen) atoms. The standard InChI is InChI=1S/C11H18F3NO2/c1-2-7-17-10(16)9-3-5-15(6-4-9)8-11(12,13)14/h9H,2-8H2,1H3. The zero-order chi connectivity index (χ0) is 12.9. The van der Waals surface area contributed by atoms with Gasteiger partial charge in [-0.05, 0) is 32.4 Å². The molecule has 3 nitrogen and oxygen atoms in total. The van der Waals surface area contributed by atoms with Crippen LogP contribution in [0.2, 0.25) is 0 Å². The Kier molecular flexibility index (Phi) is 5.24. The number of ether oxygens (including phenoxy) is 1. The number of carbonyl (C=O) groups excluding carboxylic acids is 1. The summed E-state index contributed by atoms with van der Waals surface area (Å²) in [7, 11) is 0. The van der Waals surface area contributed by atoms with Gasteiger partial charge in [0, 0.05) is 0 Å². The smallest absolute Gasteiger partial charge is 0.401 e. The molecule has 0 aromatic carbocycles. The van der Waals surface area contributed by atoms with Crippen molar-refractivity contribution in [1.82, 2.24) is 4.90 Å². The molecular weight excluding hydrogens is 235 g/mol. The fraction of sp³-hybridized carbons (Fsp3) is 0.909. The topological polar surface area (TPSA) is 29.5 Å². The van der Waals surface area contributed by atoms with E-state index in [0.717, 1.165) is 6.42 Å². The summed E-state index contributed by atoms with van der Waals surface area (Å²) in [6, 6.07) is 0. The van der Waals surface area contributed by atoms with E-state index in [-0.39, 0.29) is 11.9 Å². The first-order valence-electron chi connectivity index (χ1n) is 5.88. The van der Waals surface area contributed by atoms with Crippen LogP contribution in [-0.2, 0) is 9.53 Å². The van der Waals surface area contributed by atoms with Gasteiger partial charge in [0.15, 0.2) is 0 Å². The molecule has 0 atom stereocenters. The van der Waals surface area contributed by atoms with Gasteiger partial charge in [-0.15, -0.1) is 0 Å². The SMILES string of the molecule is CCCOC(=O)C1CCN(CC(F)(F)F)CC1. The molecule has 0 aromatic heterocycles. The van der Waals surface area contributed by atoms with E-state index in [1.54, 1.807) is 0 Å². The molecule has 1 heterocycles. The lowest BCUT2D eigenvalue weighted by molar-refractivity contribution is -0.156. The Morgan fingerprint density at radius 2 is 1.94 bits per heavy atom. The highest BCUT2D eigenvalue weighted by atomic mass is 19.4. The first-order valence-corrected chi connectivity index (χ1v) is 5.88. The molecule has 0 radical (unpaired) electrons. The number of rotatable bonds is 4. The van der Waals surface area contributed by atoms with Crippen LogP contribution >= 0.6 is 0 Å². The summed E-state index contributed by atoms with van der Waals surface area (Å²) < 4.78 is 41.4. The van der Waals surface area contributed by atoms with E-state index in [4.69, 9.17) is 4.74 Å². The lowest BCUT2D eigenvalue weighted by Gasteiger charge is -2.31. The molecule has 0 spiro atoms. The first-order chi connectivity index (χ1) is 7.92. The van der Waals surface area contributed by atoms with E-state index in [1.807, 2.05) is 6.92 Å². The molecular formula is C11H18F3NO2. The number of piperidine rings is 1. The maximum atomic E-state index is 12.1. The first kappa shape index (κ1) is 14.3. The van der Waals surface area contributed by atoms with Crippen LogP contribution in [0.15, 0.2) is 0 Å². The predicted molar refractivity (Wildman–Crippen MR) is 56.5 cm³/mol. The van der Waals surface area contributed by atoms with Crippen LogP contribution in [0.4, 0.5) is 13.2 Å². The van der Waals surface area contributed by atoms with E-state index >= 15 is 0 Å². The van der Waals surface area contributed by atoms with Crippen LogP contribution in [0, 0.1) is 5.92 Å². The molecule has 0 N–H and O–H groups in total. The highest BCUT2D eigenvalue weighted by molar-refractivity contribution is 5.72. The van der Waals surface area contributed by atoms with Gasteiger partial charge in [-0.2, -0.15) is 13.2 Å². The largest absolute Gasteiger partial charge is 0.465 e. The number of likely N-dealkylation sites (tertiary alicyclic amines) is 1. The van der Waals surface area contributed by atoms with Crippen molar-refractivity contribution in [2.75, 3.05) is 26.2 Å². The van der Waals surface area contributed by atoms with Crippen LogP contribution in [0.1, 0.15) is 26.2 Å². The highest BCUT2D eigenvalue weighted by Crippen LogP contribution is 2.23. The Morgan fingerprint density at radius 1 is 1.35 bits per heavy atom. The molecule has 1 fully saturated rings. The number of hydrogen-bond donors (Lipinski definition) is 0. The summed E-state index contributed by atoms with van der Waals surface area (Å²) in [4.78, 5) is 12.8. The third-order valence-corrected chi connectivity index (χ3v) is 2.77. The average molecular weight is 253 g/mol. The van der Waals surface area contributed by atoms with E-state index in [9.17, 15) is 18.0 Å². The van der Waals surface area contributed by atoms with Gasteiger partial charge in [-0.1, -0.05) is 6.92 Å². The van der Waals surface area contributed by atoms with Crippen LogP contribution in [-0.4, -0.2) is 43.3 Å². The van der Waals surface area contributed by atoms with E-state index < -0.39 is 12.7 Å². The molecule has 1 saturated heterocycles. The molecule has 1 aliphatic rings. The fourth-order valence-electron chi connectivity index (χ4n) is 1.90. The number of carbonyl (C=O) groups is 1. The third kappa shape index (κ3) is 5.39. The Balaban J connectivity index is 2.28. The Hall–Kier alpha value is -0.780. The molecule has 0 aromatic rings. The van der Waals surface area contributed by atoms with Crippen LogP contribution in [0.3, 0.4) is 0 Å². The molecule has 6 heteroatoms. The van der Waals surface area contributed by atoms with Crippen molar-refractivity contribution in [1.29, 1.82) is 0 Å². The Morgan fingerprint density at radius 3 is 2.41 bits per heavy atom. The maximum absolute atomic E-state index is 12.1. The van der Waals surface area contributed by atoms with E-state index in [0.29, 0.717) is 32.5 Å². The second-order valence-corrected chi connectivity index (χ2v) is 4.33. The van der Waals surface area contributed by atoms with Gasteiger partial charge in [-0.25, -0.2) is 0 Å². The van der Waals surface area contributed by atoms with Crippen LogP contribution in [0.5, 0.6) is 0 Å². The summed E-state index contributed by atoms with van der Waals surface area (Å²) >= 11 is 0. The van der Waals surface area contributed by atoms with Gasteiger partial charge in [0.2, 0.25) is 0 Å². The van der Waals surface area contributed by atoms with Crippen molar-refractivity contribution >= 4 is 5.97 Å². The average Bonchev–Trinajstić information content (AvgIpc) is 2.24. The lowest BCUT2D eigenvalue weighted by atomic mass is 9.97. The molecule has 1 aliphatic heterocycles. The van der Waals surface area contributed by atoms with Gasteiger partial charge in [0.25, 0.3) is 0 Å². The van der Waals surface area contributed by atoms with Gasteiger partial charge in [0.1, 0.15) is 0 Å². The van der Waals surface area contributed by atoms with Crippen molar-refractivity contribution in [3.8, 4) is 0 Å². The minimum absolute atomic E-state index is 0.231. The number of nitrogens with zero attached hydrogens (tertiary/aromatic N) is 1. The maximum Gasteiger partial charge on any atom is 0.401 e. The van der Waals surface area contributed by atoms with Crippen molar-refractivity contribution in [3.05, 3.63) is 0 Å². The normalized spacial score (nSPS) is 19.3. The molecule has 100 valence electrons. The van der Waals surface area contributed by atoms with Crippen molar-refractivity contribution in [3.63, 3.8) is 0 Å². The zero-order valence-corrected chi connectivity index (χ0v) is 9.92. The van der Waals surface area contributed by atoms with Crippen molar-refractivity contribution in [2.24, 2.45) is 5.92 Å². The van der Waals surface area contributed by atoms with E-state index in [2.05, 4.69) is 0 Å². The minimum Gasteiger partial charge on any atom is -0.465 e. The lowest BCUT2D eigenvalue weighted by Crippen LogP contribution is -2.41. The molecule has 0 bridgehead atoms. The fourth-order valence-corrected chi connectivity index (χ4v) is 1.90. The number of alkyl halides is 3. The molecule has 0 aliphatic carbocycles. The van der Waals surface area contributed by atoms with Gasteiger partial charge in [-0.3, -0.25) is 9.69 Å². The van der Waals surface area contributed by atoms with Crippen molar-refractivity contribution in [2.45, 2.75) is 32.4 Å². The summed E-state index contributed by atoms with van der Waals surface area (Å²) in [5.74, 6) is -0.496. The number of esters is 1. The van der Waals surface area contributed by atoms with Gasteiger partial charge < -0.3 is 4.74 Å². The number of halogens is 3. The molecule has 0 unspecified atom stereocenters.